The lowest BCUT2D eigenvalue weighted by molar-refractivity contribution is 0.580. The molecule has 7 heteroatoms. The van der Waals surface area contributed by atoms with Crippen LogP contribution in [0.4, 0.5) is 4.39 Å². The number of hydrogen-bond donors (Lipinski definition) is 1. The number of hydrogen-bond acceptors (Lipinski definition) is 2. The Bertz CT molecular complexity index is 758. The zero-order chi connectivity index (χ0) is 15.6. The summed E-state index contributed by atoms with van der Waals surface area (Å²) in [6.07, 6.45) is 0. The van der Waals surface area contributed by atoms with Gasteiger partial charge in [0.15, 0.2) is 0 Å². The first kappa shape index (κ1) is 16.2. The Hall–Kier alpha value is -1.14. The van der Waals surface area contributed by atoms with Crippen molar-refractivity contribution in [2.45, 2.75) is 18.4 Å². The summed E-state index contributed by atoms with van der Waals surface area (Å²) in [5, 5.41) is 0.453. The summed E-state index contributed by atoms with van der Waals surface area (Å²) in [5.74, 6) is -0.416. The van der Waals surface area contributed by atoms with E-state index >= 15 is 0 Å². The molecule has 0 amide bonds. The molecule has 0 fully saturated rings. The maximum Gasteiger partial charge on any atom is 0.240 e. The Morgan fingerprint density at radius 3 is 2.33 bits per heavy atom. The minimum atomic E-state index is -3.77. The largest absolute Gasteiger partial charge is 0.240 e. The predicted molar refractivity (Wildman–Crippen MR) is 81.6 cm³/mol. The molecule has 2 rings (SSSR count). The van der Waals surface area contributed by atoms with Gasteiger partial charge in [-0.2, -0.15) is 0 Å². The second-order valence-corrected chi connectivity index (χ2v) is 7.14. The molecule has 0 radical (unpaired) electrons. The molecule has 0 aromatic heterocycles. The molecule has 112 valence electrons. The van der Waals surface area contributed by atoms with Crippen LogP contribution < -0.4 is 4.72 Å². The van der Waals surface area contributed by atoms with Gasteiger partial charge in [-0.1, -0.05) is 29.3 Å². The SMILES string of the molecule is Cc1ccc(F)cc1CNS(=O)(=O)c1cc(Cl)cc(Cl)c1. The lowest BCUT2D eigenvalue weighted by Crippen LogP contribution is -2.23. The summed E-state index contributed by atoms with van der Waals surface area (Å²) in [7, 11) is -3.77. The molecular formula is C14H12Cl2FNO2S. The molecule has 0 aliphatic heterocycles. The molecule has 0 heterocycles. The Labute approximate surface area is 132 Å². The number of benzene rings is 2. The molecule has 0 saturated heterocycles. The Kier molecular flexibility index (Phi) is 4.88. The van der Waals surface area contributed by atoms with Crippen LogP contribution >= 0.6 is 23.2 Å². The van der Waals surface area contributed by atoms with Gasteiger partial charge in [-0.15, -0.1) is 0 Å². The maximum atomic E-state index is 13.2. The van der Waals surface area contributed by atoms with Gasteiger partial charge in [0.2, 0.25) is 10.0 Å². The molecule has 0 saturated carbocycles. The van der Waals surface area contributed by atoms with Crippen LogP contribution in [0.2, 0.25) is 10.0 Å². The molecule has 0 spiro atoms. The van der Waals surface area contributed by atoms with Crippen molar-refractivity contribution in [3.8, 4) is 0 Å². The first-order valence-electron chi connectivity index (χ1n) is 5.99. The van der Waals surface area contributed by atoms with Crippen LogP contribution in [0, 0.1) is 12.7 Å². The standard InChI is InChI=1S/C14H12Cl2FNO2S/c1-9-2-3-13(17)4-10(9)8-18-21(19,20)14-6-11(15)5-12(16)7-14/h2-7,18H,8H2,1H3. The van der Waals surface area contributed by atoms with Crippen molar-refractivity contribution in [2.75, 3.05) is 0 Å². The second kappa shape index (κ2) is 6.32. The van der Waals surface area contributed by atoms with E-state index in [9.17, 15) is 12.8 Å². The van der Waals surface area contributed by atoms with Crippen LogP contribution in [0.5, 0.6) is 0 Å². The van der Waals surface area contributed by atoms with Gasteiger partial charge >= 0.3 is 0 Å². The quantitative estimate of drug-likeness (QED) is 0.910. The molecule has 0 aliphatic rings. The van der Waals surface area contributed by atoms with Gasteiger partial charge in [0, 0.05) is 16.6 Å². The molecular weight excluding hydrogens is 336 g/mol. The van der Waals surface area contributed by atoms with Crippen LogP contribution in [0.25, 0.3) is 0 Å². The highest BCUT2D eigenvalue weighted by Gasteiger charge is 2.16. The smallest absolute Gasteiger partial charge is 0.207 e. The van der Waals surface area contributed by atoms with Gasteiger partial charge in [0.1, 0.15) is 5.82 Å². The van der Waals surface area contributed by atoms with E-state index in [0.717, 1.165) is 5.56 Å². The molecule has 0 atom stereocenters. The summed E-state index contributed by atoms with van der Waals surface area (Å²) in [6.45, 7) is 1.76. The topological polar surface area (TPSA) is 46.2 Å². The average Bonchev–Trinajstić information content (AvgIpc) is 2.39. The maximum absolute atomic E-state index is 13.2. The Balaban J connectivity index is 2.23. The lowest BCUT2D eigenvalue weighted by Gasteiger charge is -2.10. The third-order valence-corrected chi connectivity index (χ3v) is 4.73. The summed E-state index contributed by atoms with van der Waals surface area (Å²) in [5.41, 5.74) is 1.36. The number of nitrogens with one attached hydrogen (secondary N) is 1. The predicted octanol–water partition coefficient (Wildman–Crippen LogP) is 3.92. The average molecular weight is 348 g/mol. The fourth-order valence-corrected chi connectivity index (χ4v) is 3.50. The van der Waals surface area contributed by atoms with Crippen molar-refractivity contribution in [2.24, 2.45) is 0 Å². The molecule has 21 heavy (non-hydrogen) atoms. The minimum absolute atomic E-state index is 0.0178. The van der Waals surface area contributed by atoms with E-state index in [4.69, 9.17) is 23.2 Å². The Morgan fingerprint density at radius 2 is 1.71 bits per heavy atom. The number of rotatable bonds is 4. The van der Waals surface area contributed by atoms with Crippen molar-refractivity contribution in [1.29, 1.82) is 0 Å². The molecule has 0 bridgehead atoms. The third kappa shape index (κ3) is 4.17. The van der Waals surface area contributed by atoms with E-state index in [0.29, 0.717) is 5.56 Å². The van der Waals surface area contributed by atoms with Crippen LogP contribution in [0.1, 0.15) is 11.1 Å². The lowest BCUT2D eigenvalue weighted by atomic mass is 10.1. The van der Waals surface area contributed by atoms with Gasteiger partial charge in [0.25, 0.3) is 0 Å². The summed E-state index contributed by atoms with van der Waals surface area (Å²) < 4.78 is 40.0. The molecule has 0 aliphatic carbocycles. The van der Waals surface area contributed by atoms with Crippen molar-refractivity contribution in [3.63, 3.8) is 0 Å². The van der Waals surface area contributed by atoms with Gasteiger partial charge in [-0.05, 0) is 48.4 Å². The number of sulfonamides is 1. The van der Waals surface area contributed by atoms with Gasteiger partial charge in [-0.25, -0.2) is 17.5 Å². The van der Waals surface area contributed by atoms with Crippen molar-refractivity contribution in [1.82, 2.24) is 4.72 Å². The monoisotopic (exact) mass is 347 g/mol. The van der Waals surface area contributed by atoms with Crippen molar-refractivity contribution in [3.05, 3.63) is 63.4 Å². The fraction of sp³-hybridized carbons (Fsp3) is 0.143. The minimum Gasteiger partial charge on any atom is -0.207 e. The van der Waals surface area contributed by atoms with Crippen LogP contribution in [0.3, 0.4) is 0 Å². The fourth-order valence-electron chi connectivity index (χ4n) is 1.77. The highest BCUT2D eigenvalue weighted by Crippen LogP contribution is 2.22. The number of halogens is 3. The van der Waals surface area contributed by atoms with Crippen molar-refractivity contribution >= 4 is 33.2 Å². The first-order chi connectivity index (χ1) is 9.78. The molecule has 3 nitrogen and oxygen atoms in total. The normalized spacial score (nSPS) is 11.6. The second-order valence-electron chi connectivity index (χ2n) is 4.50. The summed E-state index contributed by atoms with van der Waals surface area (Å²) >= 11 is 11.6. The highest BCUT2D eigenvalue weighted by atomic mass is 35.5. The molecule has 0 unspecified atom stereocenters. The van der Waals surface area contributed by atoms with Crippen molar-refractivity contribution < 1.29 is 12.8 Å². The van der Waals surface area contributed by atoms with E-state index < -0.39 is 15.8 Å². The van der Waals surface area contributed by atoms with E-state index in [1.807, 2.05) is 0 Å². The van der Waals surface area contributed by atoms with Gasteiger partial charge < -0.3 is 0 Å². The van der Waals surface area contributed by atoms with E-state index in [1.54, 1.807) is 13.0 Å². The Morgan fingerprint density at radius 1 is 1.10 bits per heavy atom. The zero-order valence-electron chi connectivity index (χ0n) is 11.0. The van der Waals surface area contributed by atoms with Crippen LogP contribution in [-0.2, 0) is 16.6 Å². The molecule has 2 aromatic rings. The van der Waals surface area contributed by atoms with Crippen LogP contribution in [-0.4, -0.2) is 8.42 Å². The molecule has 1 N–H and O–H groups in total. The van der Waals surface area contributed by atoms with E-state index in [1.165, 1.54) is 30.3 Å². The summed E-state index contributed by atoms with van der Waals surface area (Å²) in [4.78, 5) is -0.0333. The highest BCUT2D eigenvalue weighted by molar-refractivity contribution is 7.89. The van der Waals surface area contributed by atoms with E-state index in [-0.39, 0.29) is 21.5 Å². The van der Waals surface area contributed by atoms with Crippen LogP contribution in [0.15, 0.2) is 41.3 Å². The molecule has 2 aromatic carbocycles. The third-order valence-electron chi connectivity index (χ3n) is 2.91. The number of aryl methyl sites for hydroxylation is 1. The first-order valence-corrected chi connectivity index (χ1v) is 8.22. The van der Waals surface area contributed by atoms with Gasteiger partial charge in [0.05, 0.1) is 4.90 Å². The summed E-state index contributed by atoms with van der Waals surface area (Å²) in [6, 6.07) is 8.25. The van der Waals surface area contributed by atoms with Gasteiger partial charge in [-0.3, -0.25) is 0 Å². The van der Waals surface area contributed by atoms with E-state index in [2.05, 4.69) is 4.72 Å². The zero-order valence-corrected chi connectivity index (χ0v) is 13.4.